The van der Waals surface area contributed by atoms with Crippen molar-refractivity contribution >= 4 is 86.6 Å². The summed E-state index contributed by atoms with van der Waals surface area (Å²) in [4.78, 5) is 42.4. The summed E-state index contributed by atoms with van der Waals surface area (Å²) in [6, 6.07) is 24.0. The second-order valence-electron chi connectivity index (χ2n) is 17.2. The molecule has 62 heavy (non-hydrogen) atoms. The van der Waals surface area contributed by atoms with Gasteiger partial charge in [-0.25, -0.2) is 13.3 Å². The Kier molecular flexibility index (Phi) is 11.5. The van der Waals surface area contributed by atoms with Crippen LogP contribution in [0, 0.1) is 0 Å². The van der Waals surface area contributed by atoms with E-state index in [0.29, 0.717) is 41.8 Å². The zero-order chi connectivity index (χ0) is 43.3. The lowest BCUT2D eigenvalue weighted by atomic mass is 9.85. The molecule has 3 N–H and O–H groups in total. The number of amides is 1. The summed E-state index contributed by atoms with van der Waals surface area (Å²) in [5, 5.41) is 18.8. The van der Waals surface area contributed by atoms with Crippen LogP contribution in [0.3, 0.4) is 0 Å². The van der Waals surface area contributed by atoms with Crippen LogP contribution < -0.4 is 20.1 Å². The van der Waals surface area contributed by atoms with Crippen molar-refractivity contribution in [2.75, 3.05) is 43.6 Å². The van der Waals surface area contributed by atoms with Crippen LogP contribution in [-0.2, 0) is 20.5 Å². The van der Waals surface area contributed by atoms with Crippen molar-refractivity contribution in [2.24, 2.45) is 4.99 Å². The molecule has 9 rings (SSSR count). The number of likely N-dealkylation sites (tertiary alicyclic amines) is 1. The number of aromatic carboxylic acids is 1. The lowest BCUT2D eigenvalue weighted by Crippen LogP contribution is -2.55. The van der Waals surface area contributed by atoms with E-state index in [4.69, 9.17) is 21.1 Å². The minimum Gasteiger partial charge on any atom is -0.483 e. The van der Waals surface area contributed by atoms with Crippen molar-refractivity contribution in [1.29, 1.82) is 0 Å². The van der Waals surface area contributed by atoms with Crippen LogP contribution in [0.15, 0.2) is 77.8 Å². The molecule has 1 amide bonds. The number of hydrogen-bond acceptors (Lipinski definition) is 10. The van der Waals surface area contributed by atoms with Gasteiger partial charge in [0.15, 0.2) is 16.9 Å². The molecule has 0 radical (unpaired) electrons. The first-order valence-electron chi connectivity index (χ1n) is 20.9. The van der Waals surface area contributed by atoms with Gasteiger partial charge < -0.3 is 25.2 Å². The van der Waals surface area contributed by atoms with Crippen LogP contribution in [0.4, 0.5) is 17.1 Å². The monoisotopic (exact) mass is 893 g/mol. The molecular weight excluding hydrogens is 846 g/mol. The summed E-state index contributed by atoms with van der Waals surface area (Å²) in [6.45, 7) is 10.7. The van der Waals surface area contributed by atoms with Crippen LogP contribution in [0.1, 0.15) is 89.4 Å². The maximum Gasteiger partial charge on any atom is 0.349 e. The fourth-order valence-electron chi connectivity index (χ4n) is 9.50. The molecule has 0 bridgehead atoms. The Balaban J connectivity index is 0.817. The number of anilines is 2. The summed E-state index contributed by atoms with van der Waals surface area (Å²) >= 11 is 7.60. The van der Waals surface area contributed by atoms with Crippen molar-refractivity contribution in [3.8, 4) is 21.9 Å². The number of carboxylic acids is 1. The van der Waals surface area contributed by atoms with Crippen LogP contribution in [0.25, 0.3) is 21.2 Å². The lowest BCUT2D eigenvalue weighted by molar-refractivity contribution is -0.109. The quantitative estimate of drug-likeness (QED) is 0.0690. The van der Waals surface area contributed by atoms with E-state index < -0.39 is 21.7 Å². The van der Waals surface area contributed by atoms with Gasteiger partial charge in [0.1, 0.15) is 40.8 Å². The van der Waals surface area contributed by atoms with Crippen LogP contribution in [0.2, 0.25) is 5.02 Å². The molecule has 15 heteroatoms. The molecule has 4 aromatic carbocycles. The Hall–Kier alpha value is -5.12. The van der Waals surface area contributed by atoms with Gasteiger partial charge in [-0.1, -0.05) is 48.0 Å². The van der Waals surface area contributed by atoms with E-state index >= 15 is 0 Å². The Labute approximate surface area is 371 Å². The van der Waals surface area contributed by atoms with Crippen LogP contribution in [0.5, 0.6) is 11.5 Å². The van der Waals surface area contributed by atoms with E-state index in [1.807, 2.05) is 60.7 Å². The van der Waals surface area contributed by atoms with Gasteiger partial charge >= 0.3 is 5.97 Å². The Morgan fingerprint density at radius 3 is 2.58 bits per heavy atom. The molecular formula is C47H48ClN5O7S2. The second kappa shape index (κ2) is 16.9. The number of nitrogens with one attached hydrogen (secondary N) is 2. The Morgan fingerprint density at radius 2 is 1.85 bits per heavy atom. The largest absolute Gasteiger partial charge is 0.483 e. The molecule has 3 fully saturated rings. The summed E-state index contributed by atoms with van der Waals surface area (Å²) < 4.78 is 28.0. The molecule has 1 aromatic heterocycles. The fourth-order valence-corrected chi connectivity index (χ4v) is 12.9. The number of thiophene rings is 1. The predicted octanol–water partition coefficient (Wildman–Crippen LogP) is 9.62. The van der Waals surface area contributed by atoms with E-state index in [0.717, 1.165) is 102 Å². The highest BCUT2D eigenvalue weighted by Gasteiger charge is 2.55. The maximum atomic E-state index is 14.6. The zero-order valence-electron chi connectivity index (χ0n) is 34.6. The smallest absolute Gasteiger partial charge is 0.349 e. The zero-order valence-corrected chi connectivity index (χ0v) is 37.0. The molecule has 4 aliphatic rings. The number of aliphatic imine (C=N–C) groups is 1. The van der Waals surface area contributed by atoms with Crippen molar-refractivity contribution in [2.45, 2.75) is 74.6 Å². The predicted molar refractivity (Wildman–Crippen MR) is 246 cm³/mol. The number of piperidine rings is 2. The van der Waals surface area contributed by atoms with Gasteiger partial charge in [0.2, 0.25) is 0 Å². The molecule has 1 saturated carbocycles. The molecule has 2 unspecified atom stereocenters. The number of benzene rings is 4. The third-order valence-corrected chi connectivity index (χ3v) is 16.9. The van der Waals surface area contributed by atoms with E-state index in [2.05, 4.69) is 57.5 Å². The van der Waals surface area contributed by atoms with E-state index in [1.54, 1.807) is 0 Å². The maximum absolute atomic E-state index is 14.6. The van der Waals surface area contributed by atoms with E-state index in [-0.39, 0.29) is 39.7 Å². The third kappa shape index (κ3) is 7.80. The minimum absolute atomic E-state index is 0.00551. The lowest BCUT2D eigenvalue weighted by Gasteiger charge is -2.46. The second-order valence-corrected chi connectivity index (χ2v) is 20.3. The molecule has 2 saturated heterocycles. The van der Waals surface area contributed by atoms with E-state index in [1.165, 1.54) is 5.56 Å². The summed E-state index contributed by atoms with van der Waals surface area (Å²) in [5.41, 5.74) is 5.79. The molecule has 3 aliphatic heterocycles. The minimum atomic E-state index is -1.30. The van der Waals surface area contributed by atoms with Crippen molar-refractivity contribution in [3.63, 3.8) is 0 Å². The molecule has 0 spiro atoms. The van der Waals surface area contributed by atoms with Gasteiger partial charge in [0.25, 0.3) is 5.91 Å². The highest BCUT2D eigenvalue weighted by Crippen LogP contribution is 2.55. The number of ether oxygens (including phenoxy) is 2. The number of rotatable bonds is 15. The molecule has 322 valence electrons. The molecule has 4 heterocycles. The van der Waals surface area contributed by atoms with Crippen molar-refractivity contribution in [1.82, 2.24) is 9.21 Å². The number of aldehydes is 1. The highest BCUT2D eigenvalue weighted by molar-refractivity contribution is 7.84. The van der Waals surface area contributed by atoms with Gasteiger partial charge in [-0.15, -0.1) is 11.3 Å². The summed E-state index contributed by atoms with van der Waals surface area (Å²) in [5.74, 6) is -0.158. The normalized spacial score (nSPS) is 20.0. The number of hydrogen-bond donors (Lipinski definition) is 3. The van der Waals surface area contributed by atoms with Crippen LogP contribution in [-0.4, -0.2) is 88.0 Å². The van der Waals surface area contributed by atoms with Gasteiger partial charge in [-0.2, -0.15) is 0 Å². The molecule has 12 nitrogen and oxygen atoms in total. The Bertz CT molecular complexity index is 2640. The first kappa shape index (κ1) is 42.2. The number of carbonyl (C=O) groups is 3. The average Bonchev–Trinajstić information content (AvgIpc) is 3.92. The highest BCUT2D eigenvalue weighted by atomic mass is 35.5. The average molecular weight is 895 g/mol. The Morgan fingerprint density at radius 1 is 1.06 bits per heavy atom. The summed E-state index contributed by atoms with van der Waals surface area (Å²) in [6.07, 6.45) is 5.68. The van der Waals surface area contributed by atoms with Gasteiger partial charge in [-0.3, -0.25) is 19.5 Å². The first-order valence-corrected chi connectivity index (χ1v) is 23.2. The molecule has 5 aromatic rings. The van der Waals surface area contributed by atoms with E-state index in [9.17, 15) is 23.7 Å². The number of carbonyl (C=O) groups excluding carboxylic acids is 2. The van der Waals surface area contributed by atoms with Gasteiger partial charge in [0, 0.05) is 53.5 Å². The number of nitrogens with zero attached hydrogens (tertiary/aromatic N) is 3. The number of carboxylic acid groups (broad SMARTS) is 1. The molecule has 1 aliphatic carbocycles. The topological polar surface area (TPSA) is 150 Å². The SMILES string of the molecule is C=Nc1cc(C2(S(=O)N3CCC(Nc4cccc(-c5sc(C(=O)O)c(OCC=O)c5Cl)c4)CC3(C)C)CC2)ccc1OCN1CCC(c2ccc3c4c(cccc24)C(=O)N3)CC1. The summed E-state index contributed by atoms with van der Waals surface area (Å²) in [7, 11) is -1.30. The standard InChI is InChI=1S/C47H48ClN5O7S2/c1-46(2)26-32(50-31-7-4-6-29(24-31)42-40(48)41(59-23-22-54)43(61-42)45(56)57)16-21-53(46)62(58)47(17-18-47)30-10-13-38(37(25-30)49-3)60-27-52-19-14-28(15-20-52)33-11-12-36-39-34(33)8-5-9-35(39)44(55)51-36/h4-13,22,24-25,28,32,50H,3,14-21,23,26-27H2,1-2H3,(H,51,55)(H,56,57). The van der Waals surface area contributed by atoms with Crippen molar-refractivity contribution < 1.29 is 33.2 Å². The van der Waals surface area contributed by atoms with Crippen LogP contribution >= 0.6 is 22.9 Å². The molecule has 2 atom stereocenters. The first-order chi connectivity index (χ1) is 29.9. The number of halogens is 1. The fraction of sp³-hybridized carbons (Fsp3) is 0.362. The van der Waals surface area contributed by atoms with Gasteiger partial charge in [0.05, 0.1) is 9.62 Å². The van der Waals surface area contributed by atoms with Crippen molar-refractivity contribution in [3.05, 3.63) is 99.4 Å². The van der Waals surface area contributed by atoms with Gasteiger partial charge in [-0.05, 0) is 123 Å². The third-order valence-electron chi connectivity index (χ3n) is 12.8.